The van der Waals surface area contributed by atoms with Crippen molar-refractivity contribution in [2.24, 2.45) is 0 Å². The molecular weight excluding hydrogens is 429 g/mol. The Bertz CT molecular complexity index is 1060. The van der Waals surface area contributed by atoms with Crippen molar-refractivity contribution in [3.05, 3.63) is 83.8 Å². The van der Waals surface area contributed by atoms with Crippen molar-refractivity contribution in [1.29, 1.82) is 0 Å². The summed E-state index contributed by atoms with van der Waals surface area (Å²) in [5, 5.41) is 9.85. The van der Waals surface area contributed by atoms with E-state index >= 15 is 0 Å². The molecule has 6 heteroatoms. The van der Waals surface area contributed by atoms with Gasteiger partial charge in [-0.05, 0) is 67.8 Å². The number of aliphatic carboxylic acids is 1. The van der Waals surface area contributed by atoms with Gasteiger partial charge in [0.15, 0.2) is 0 Å². The average Bonchev–Trinajstić information content (AvgIpc) is 3.32. The van der Waals surface area contributed by atoms with Crippen LogP contribution in [0.4, 0.5) is 4.39 Å². The summed E-state index contributed by atoms with van der Waals surface area (Å²) >= 11 is 0. The smallest absolute Gasteiger partial charge is 0.335 e. The van der Waals surface area contributed by atoms with E-state index in [0.29, 0.717) is 11.6 Å². The van der Waals surface area contributed by atoms with E-state index in [1.54, 1.807) is 6.08 Å². The van der Waals surface area contributed by atoms with Gasteiger partial charge in [-0.15, -0.1) is 0 Å². The van der Waals surface area contributed by atoms with Crippen LogP contribution in [-0.2, 0) is 11.3 Å². The number of benzene rings is 2. The summed E-state index contributed by atoms with van der Waals surface area (Å²) in [5.74, 6) is -1.09. The third-order valence-electron chi connectivity index (χ3n) is 6.95. The molecule has 1 saturated heterocycles. The number of carbonyl (C=O) groups is 1. The van der Waals surface area contributed by atoms with Crippen LogP contribution in [0.25, 0.3) is 11.1 Å². The Labute approximate surface area is 201 Å². The monoisotopic (exact) mass is 463 g/mol. The molecule has 0 spiro atoms. The van der Waals surface area contributed by atoms with Gasteiger partial charge in [0.25, 0.3) is 0 Å². The molecule has 34 heavy (non-hydrogen) atoms. The van der Waals surface area contributed by atoms with Gasteiger partial charge in [-0.2, -0.15) is 0 Å². The molecule has 0 amide bonds. The Hall–Kier alpha value is -2.96. The Morgan fingerprint density at radius 3 is 2.59 bits per heavy atom. The van der Waals surface area contributed by atoms with Crippen molar-refractivity contribution in [3.8, 4) is 11.1 Å². The molecule has 2 aliphatic heterocycles. The lowest BCUT2D eigenvalue weighted by Gasteiger charge is -2.42. The molecule has 0 aromatic heterocycles. The summed E-state index contributed by atoms with van der Waals surface area (Å²) in [5.41, 5.74) is 3.78. The maximum atomic E-state index is 13.5. The molecule has 0 saturated carbocycles. The maximum Gasteiger partial charge on any atom is 0.335 e. The predicted molar refractivity (Wildman–Crippen MR) is 134 cm³/mol. The van der Waals surface area contributed by atoms with Crippen molar-refractivity contribution in [1.82, 2.24) is 14.7 Å². The van der Waals surface area contributed by atoms with Crippen LogP contribution in [0.5, 0.6) is 0 Å². The third kappa shape index (κ3) is 5.08. The zero-order valence-corrected chi connectivity index (χ0v) is 20.2. The highest BCUT2D eigenvalue weighted by Gasteiger charge is 2.38. The highest BCUT2D eigenvalue weighted by Crippen LogP contribution is 2.30. The molecule has 2 heterocycles. The van der Waals surface area contributed by atoms with Gasteiger partial charge >= 0.3 is 5.97 Å². The Morgan fingerprint density at radius 1 is 1.18 bits per heavy atom. The van der Waals surface area contributed by atoms with Gasteiger partial charge in [0.1, 0.15) is 12.0 Å². The molecule has 2 aromatic rings. The van der Waals surface area contributed by atoms with Gasteiger partial charge in [0.05, 0.1) is 5.57 Å². The fourth-order valence-electron chi connectivity index (χ4n) is 5.17. The van der Waals surface area contributed by atoms with Gasteiger partial charge in [0, 0.05) is 37.9 Å². The lowest BCUT2D eigenvalue weighted by atomic mass is 9.99. The molecule has 0 bridgehead atoms. The predicted octanol–water partition coefficient (Wildman–Crippen LogP) is 4.96. The van der Waals surface area contributed by atoms with Crippen LogP contribution in [0.2, 0.25) is 0 Å². The highest BCUT2D eigenvalue weighted by atomic mass is 19.1. The van der Waals surface area contributed by atoms with Gasteiger partial charge in [-0.3, -0.25) is 9.80 Å². The molecule has 2 aliphatic rings. The number of likely N-dealkylation sites (tertiary alicyclic amines) is 1. The third-order valence-corrected chi connectivity index (χ3v) is 6.95. The summed E-state index contributed by atoms with van der Waals surface area (Å²) < 4.78 is 13.5. The highest BCUT2D eigenvalue weighted by molar-refractivity contribution is 5.88. The average molecular weight is 464 g/mol. The van der Waals surface area contributed by atoms with Crippen LogP contribution < -0.4 is 0 Å². The van der Waals surface area contributed by atoms with Crippen LogP contribution in [0.15, 0.2) is 72.5 Å². The Kier molecular flexibility index (Phi) is 7.49. The van der Waals surface area contributed by atoms with Crippen molar-refractivity contribution < 1.29 is 14.3 Å². The number of carboxylic acids is 1. The van der Waals surface area contributed by atoms with E-state index in [2.05, 4.69) is 53.7 Å². The summed E-state index contributed by atoms with van der Waals surface area (Å²) in [4.78, 5) is 18.9. The van der Waals surface area contributed by atoms with Crippen molar-refractivity contribution in [2.45, 2.75) is 52.0 Å². The van der Waals surface area contributed by atoms with E-state index in [4.69, 9.17) is 0 Å². The first-order valence-electron chi connectivity index (χ1n) is 12.1. The molecular formula is C28H34FN3O2. The first-order valence-corrected chi connectivity index (χ1v) is 12.1. The topological polar surface area (TPSA) is 47.0 Å². The lowest BCUT2D eigenvalue weighted by Crippen LogP contribution is -2.52. The molecule has 1 N–H and O–H groups in total. The second kappa shape index (κ2) is 10.5. The SMILES string of the molecule is CCN(Cc1ccccc1-c1ccc(F)cc1)[C@@H]1CCN(C2C(C(=O)O)=CC=CN2C(C)C)C1. The number of halogens is 1. The Morgan fingerprint density at radius 2 is 1.91 bits per heavy atom. The van der Waals surface area contributed by atoms with E-state index in [0.717, 1.165) is 43.7 Å². The number of rotatable bonds is 8. The summed E-state index contributed by atoms with van der Waals surface area (Å²) in [6.07, 6.45) is 6.31. The second-order valence-electron chi connectivity index (χ2n) is 9.35. The molecule has 4 rings (SSSR count). The fraction of sp³-hybridized carbons (Fsp3) is 0.393. The fourth-order valence-corrected chi connectivity index (χ4v) is 5.17. The number of nitrogens with zero attached hydrogens (tertiary/aromatic N) is 3. The van der Waals surface area contributed by atoms with Crippen LogP contribution in [0, 0.1) is 5.82 Å². The van der Waals surface area contributed by atoms with Crippen molar-refractivity contribution in [3.63, 3.8) is 0 Å². The molecule has 0 radical (unpaired) electrons. The molecule has 0 aliphatic carbocycles. The molecule has 1 unspecified atom stereocenters. The molecule has 1 fully saturated rings. The Balaban J connectivity index is 1.52. The minimum absolute atomic E-state index is 0.202. The zero-order valence-electron chi connectivity index (χ0n) is 20.2. The summed E-state index contributed by atoms with van der Waals surface area (Å²) in [6, 6.07) is 15.5. The summed E-state index contributed by atoms with van der Waals surface area (Å²) in [7, 11) is 0. The van der Waals surface area contributed by atoms with Gasteiger partial charge in [-0.25, -0.2) is 9.18 Å². The molecule has 2 atom stereocenters. The minimum Gasteiger partial charge on any atom is -0.478 e. The van der Waals surface area contributed by atoms with Crippen LogP contribution >= 0.6 is 0 Å². The normalized spacial score (nSPS) is 20.9. The zero-order chi connectivity index (χ0) is 24.2. The van der Waals surface area contributed by atoms with Crippen LogP contribution in [0.1, 0.15) is 32.8 Å². The van der Waals surface area contributed by atoms with E-state index < -0.39 is 5.97 Å². The minimum atomic E-state index is -0.857. The van der Waals surface area contributed by atoms with E-state index in [1.165, 1.54) is 17.7 Å². The van der Waals surface area contributed by atoms with Crippen LogP contribution in [-0.4, -0.2) is 63.7 Å². The van der Waals surface area contributed by atoms with Crippen molar-refractivity contribution in [2.75, 3.05) is 19.6 Å². The van der Waals surface area contributed by atoms with Crippen LogP contribution in [0.3, 0.4) is 0 Å². The number of likely N-dealkylation sites (N-methyl/N-ethyl adjacent to an activating group) is 1. The number of carboxylic acid groups (broad SMARTS) is 1. The quantitative estimate of drug-likeness (QED) is 0.599. The van der Waals surface area contributed by atoms with E-state index in [9.17, 15) is 14.3 Å². The standard InChI is InChI=1S/C28H34FN3O2/c1-4-30(18-22-8-5-6-9-25(22)21-11-13-23(29)14-12-21)24-15-17-31(19-24)27-26(28(33)34)10-7-16-32(27)20(2)3/h5-14,16,20,24,27H,4,15,17-19H2,1-3H3,(H,33,34)/t24-,27?/m1/s1. The number of hydrogen-bond acceptors (Lipinski definition) is 4. The summed E-state index contributed by atoms with van der Waals surface area (Å²) in [6.45, 7) is 9.74. The largest absolute Gasteiger partial charge is 0.478 e. The number of allylic oxidation sites excluding steroid dienone is 2. The van der Waals surface area contributed by atoms with Gasteiger partial charge in [-0.1, -0.05) is 43.3 Å². The van der Waals surface area contributed by atoms with Gasteiger partial charge in [0.2, 0.25) is 0 Å². The van der Waals surface area contributed by atoms with E-state index in [1.807, 2.05) is 30.5 Å². The first kappa shape index (κ1) is 24.2. The molecule has 5 nitrogen and oxygen atoms in total. The second-order valence-corrected chi connectivity index (χ2v) is 9.35. The number of hydrogen-bond donors (Lipinski definition) is 1. The molecule has 180 valence electrons. The molecule has 2 aromatic carbocycles. The van der Waals surface area contributed by atoms with Gasteiger partial charge < -0.3 is 10.0 Å². The first-order chi connectivity index (χ1) is 16.4. The maximum absolute atomic E-state index is 13.5. The lowest BCUT2D eigenvalue weighted by molar-refractivity contribution is -0.134. The van der Waals surface area contributed by atoms with E-state index in [-0.39, 0.29) is 18.0 Å². The van der Waals surface area contributed by atoms with Crippen molar-refractivity contribution >= 4 is 5.97 Å².